The third-order valence-corrected chi connectivity index (χ3v) is 5.96. The van der Waals surface area contributed by atoms with E-state index in [1.807, 2.05) is 41.1 Å². The Morgan fingerprint density at radius 1 is 1.21 bits per heavy atom. The Morgan fingerprint density at radius 3 is 2.82 bits per heavy atom. The van der Waals surface area contributed by atoms with Crippen LogP contribution in [0.2, 0.25) is 0 Å². The minimum absolute atomic E-state index is 0.0526. The third kappa shape index (κ3) is 5.99. The van der Waals surface area contributed by atoms with Crippen LogP contribution in [0.1, 0.15) is 48.1 Å². The van der Waals surface area contributed by atoms with Gasteiger partial charge in [0, 0.05) is 19.5 Å². The highest BCUT2D eigenvalue weighted by Gasteiger charge is 2.31. The highest BCUT2D eigenvalue weighted by Crippen LogP contribution is 2.31. The van der Waals surface area contributed by atoms with Gasteiger partial charge in [-0.2, -0.15) is 0 Å². The molecule has 1 amide bonds. The summed E-state index contributed by atoms with van der Waals surface area (Å²) in [4.78, 5) is 21.5. The molecule has 3 aromatic rings. The van der Waals surface area contributed by atoms with Crippen molar-refractivity contribution in [2.24, 2.45) is 0 Å². The number of likely N-dealkylation sites (N-methyl/N-ethyl adjacent to an activating group) is 1. The first-order valence-corrected chi connectivity index (χ1v) is 11.3. The van der Waals surface area contributed by atoms with E-state index >= 15 is 0 Å². The Bertz CT molecular complexity index is 1070. The van der Waals surface area contributed by atoms with Crippen LogP contribution in [-0.4, -0.2) is 47.9 Å². The lowest BCUT2D eigenvalue weighted by Gasteiger charge is -2.35. The molecule has 6 nitrogen and oxygen atoms in total. The van der Waals surface area contributed by atoms with Crippen LogP contribution < -0.4 is 4.74 Å². The Kier molecular flexibility index (Phi) is 7.40. The molecule has 2 heterocycles. The van der Waals surface area contributed by atoms with Gasteiger partial charge in [0.05, 0.1) is 19.9 Å². The minimum Gasteiger partial charge on any atom is -0.497 e. The summed E-state index contributed by atoms with van der Waals surface area (Å²) in [6.45, 7) is 1.56. The molecule has 0 radical (unpaired) electrons. The van der Waals surface area contributed by atoms with Crippen LogP contribution in [0.15, 0.2) is 59.1 Å². The van der Waals surface area contributed by atoms with E-state index < -0.39 is 0 Å². The van der Waals surface area contributed by atoms with Crippen LogP contribution in [0.5, 0.6) is 5.75 Å². The van der Waals surface area contributed by atoms with Crippen molar-refractivity contribution < 1.29 is 18.3 Å². The van der Waals surface area contributed by atoms with E-state index in [-0.39, 0.29) is 24.3 Å². The van der Waals surface area contributed by atoms with Gasteiger partial charge in [-0.05, 0) is 61.7 Å². The molecule has 4 rings (SSSR count). The van der Waals surface area contributed by atoms with Gasteiger partial charge in [-0.25, -0.2) is 9.37 Å². The van der Waals surface area contributed by atoms with Crippen LogP contribution in [0, 0.1) is 5.82 Å². The second kappa shape index (κ2) is 10.6. The molecule has 0 spiro atoms. The maximum Gasteiger partial charge on any atom is 0.237 e. The van der Waals surface area contributed by atoms with E-state index in [4.69, 9.17) is 9.15 Å². The van der Waals surface area contributed by atoms with Crippen LogP contribution in [-0.2, 0) is 17.8 Å². The van der Waals surface area contributed by atoms with Crippen molar-refractivity contribution in [2.75, 3.05) is 27.2 Å². The molecule has 1 aliphatic rings. The molecule has 2 aromatic carbocycles. The number of ether oxygens (including phenoxy) is 1. The summed E-state index contributed by atoms with van der Waals surface area (Å²) >= 11 is 0. The number of hydrogen-bond acceptors (Lipinski definition) is 5. The van der Waals surface area contributed by atoms with Gasteiger partial charge in [-0.1, -0.05) is 24.3 Å². The number of piperidine rings is 1. The molecular weight excluding hydrogens is 421 g/mol. The summed E-state index contributed by atoms with van der Waals surface area (Å²) in [6, 6.07) is 14.1. The fourth-order valence-corrected chi connectivity index (χ4v) is 4.31. The molecule has 1 atom stereocenters. The number of rotatable bonds is 8. The number of methoxy groups -OCH3 is 1. The molecule has 0 bridgehead atoms. The maximum absolute atomic E-state index is 13.1. The van der Waals surface area contributed by atoms with Gasteiger partial charge in [-0.3, -0.25) is 9.69 Å². The number of halogens is 1. The van der Waals surface area contributed by atoms with Crippen molar-refractivity contribution in [3.8, 4) is 5.75 Å². The topological polar surface area (TPSA) is 58.8 Å². The summed E-state index contributed by atoms with van der Waals surface area (Å²) in [5.41, 5.74) is 2.05. The number of carbonyl (C=O) groups excluding carboxylic acids is 1. The van der Waals surface area contributed by atoms with E-state index in [1.165, 1.54) is 12.1 Å². The maximum atomic E-state index is 13.1. The monoisotopic (exact) mass is 451 g/mol. The first kappa shape index (κ1) is 23.0. The van der Waals surface area contributed by atoms with Gasteiger partial charge in [0.25, 0.3) is 0 Å². The number of likely N-dealkylation sites (tertiary alicyclic amines) is 1. The summed E-state index contributed by atoms with van der Waals surface area (Å²) in [5, 5.41) is 0. The molecule has 0 N–H and O–H groups in total. The van der Waals surface area contributed by atoms with E-state index in [2.05, 4.69) is 4.98 Å². The smallest absolute Gasteiger partial charge is 0.237 e. The molecule has 7 heteroatoms. The molecule has 33 heavy (non-hydrogen) atoms. The molecule has 0 unspecified atom stereocenters. The van der Waals surface area contributed by atoms with Crippen molar-refractivity contribution >= 4 is 5.91 Å². The summed E-state index contributed by atoms with van der Waals surface area (Å²) in [7, 11) is 3.55. The first-order chi connectivity index (χ1) is 16.0. The zero-order valence-electron chi connectivity index (χ0n) is 19.2. The Morgan fingerprint density at radius 2 is 2.03 bits per heavy atom. The molecular formula is C26H30FN3O3. The lowest BCUT2D eigenvalue weighted by molar-refractivity contribution is -0.136. The standard InChI is InChI=1S/C26H30FN3O3/c1-29(17-19-9-11-21(27)12-10-19)18-25(31)30-13-4-3-8-24(30)26-28-16-23(33-26)15-20-6-5-7-22(14-20)32-2/h5-7,9-12,14,16,24H,3-4,8,13,15,17-18H2,1-2H3/t24-/m1/s1. The zero-order valence-corrected chi connectivity index (χ0v) is 19.2. The fraction of sp³-hybridized carbons (Fsp3) is 0.385. The second-order valence-corrected chi connectivity index (χ2v) is 8.59. The lowest BCUT2D eigenvalue weighted by atomic mass is 10.0. The van der Waals surface area contributed by atoms with Crippen molar-refractivity contribution in [3.63, 3.8) is 0 Å². The average molecular weight is 452 g/mol. The average Bonchev–Trinajstić information content (AvgIpc) is 3.29. The van der Waals surface area contributed by atoms with Gasteiger partial charge in [-0.15, -0.1) is 0 Å². The summed E-state index contributed by atoms with van der Waals surface area (Å²) < 4.78 is 24.5. The predicted molar refractivity (Wildman–Crippen MR) is 123 cm³/mol. The van der Waals surface area contributed by atoms with Gasteiger partial charge in [0.15, 0.2) is 0 Å². The van der Waals surface area contributed by atoms with E-state index in [1.54, 1.807) is 25.4 Å². The highest BCUT2D eigenvalue weighted by atomic mass is 19.1. The quantitative estimate of drug-likeness (QED) is 0.501. The highest BCUT2D eigenvalue weighted by molar-refractivity contribution is 5.78. The number of benzene rings is 2. The van der Waals surface area contributed by atoms with Crippen molar-refractivity contribution in [1.82, 2.24) is 14.8 Å². The number of carbonyl (C=O) groups is 1. The number of aromatic nitrogens is 1. The number of nitrogens with zero attached hydrogens (tertiary/aromatic N) is 3. The lowest BCUT2D eigenvalue weighted by Crippen LogP contribution is -2.43. The van der Waals surface area contributed by atoms with E-state index in [0.717, 1.165) is 41.9 Å². The number of oxazole rings is 1. The van der Waals surface area contributed by atoms with Crippen LogP contribution in [0.4, 0.5) is 4.39 Å². The Hall–Kier alpha value is -3.19. The Labute approximate surface area is 194 Å². The first-order valence-electron chi connectivity index (χ1n) is 11.3. The van der Waals surface area contributed by atoms with Crippen molar-refractivity contribution in [1.29, 1.82) is 0 Å². The van der Waals surface area contributed by atoms with Crippen molar-refractivity contribution in [2.45, 2.75) is 38.3 Å². The summed E-state index contributed by atoms with van der Waals surface area (Å²) in [6.07, 6.45) is 5.22. The normalized spacial score (nSPS) is 16.2. The molecule has 1 fully saturated rings. The van der Waals surface area contributed by atoms with Gasteiger partial charge in [0.1, 0.15) is 23.4 Å². The molecule has 0 aliphatic carbocycles. The minimum atomic E-state index is -0.259. The van der Waals surface area contributed by atoms with Gasteiger partial charge < -0.3 is 14.1 Å². The van der Waals surface area contributed by atoms with E-state index in [0.29, 0.717) is 25.4 Å². The molecule has 1 saturated heterocycles. The van der Waals surface area contributed by atoms with Crippen LogP contribution in [0.3, 0.4) is 0 Å². The predicted octanol–water partition coefficient (Wildman–Crippen LogP) is 4.60. The van der Waals surface area contributed by atoms with Crippen LogP contribution >= 0.6 is 0 Å². The molecule has 1 aromatic heterocycles. The zero-order chi connectivity index (χ0) is 23.2. The van der Waals surface area contributed by atoms with Gasteiger partial charge >= 0.3 is 0 Å². The fourth-order valence-electron chi connectivity index (χ4n) is 4.31. The van der Waals surface area contributed by atoms with E-state index in [9.17, 15) is 9.18 Å². The SMILES string of the molecule is COc1cccc(Cc2cnc([C@H]3CCCCN3C(=O)CN(C)Cc3ccc(F)cc3)o2)c1. The number of amides is 1. The number of hydrogen-bond donors (Lipinski definition) is 0. The molecule has 1 aliphatic heterocycles. The molecule has 0 saturated carbocycles. The second-order valence-electron chi connectivity index (χ2n) is 8.59. The van der Waals surface area contributed by atoms with Gasteiger partial charge in [0.2, 0.25) is 11.8 Å². The Balaban J connectivity index is 1.40. The largest absolute Gasteiger partial charge is 0.497 e. The summed E-state index contributed by atoms with van der Waals surface area (Å²) in [5.74, 6) is 1.97. The molecule has 174 valence electrons. The van der Waals surface area contributed by atoms with Crippen LogP contribution in [0.25, 0.3) is 0 Å². The third-order valence-electron chi connectivity index (χ3n) is 5.96. The van der Waals surface area contributed by atoms with Crippen molar-refractivity contribution in [3.05, 3.63) is 83.3 Å².